The monoisotopic (exact) mass is 403 g/mol. The quantitative estimate of drug-likeness (QED) is 0.445. The lowest BCUT2D eigenvalue weighted by molar-refractivity contribution is 0.638. The summed E-state index contributed by atoms with van der Waals surface area (Å²) >= 11 is 6.45. The van der Waals surface area contributed by atoms with Crippen molar-refractivity contribution in [3.63, 3.8) is 0 Å². The van der Waals surface area contributed by atoms with Gasteiger partial charge in [-0.05, 0) is 39.0 Å². The molecule has 7 nitrogen and oxygen atoms in total. The van der Waals surface area contributed by atoms with Crippen LogP contribution in [0, 0.1) is 13.8 Å². The fraction of sp³-hybridized carbons (Fsp3) is 0.190. The molecule has 29 heavy (non-hydrogen) atoms. The van der Waals surface area contributed by atoms with E-state index in [0.717, 1.165) is 44.8 Å². The highest BCUT2D eigenvalue weighted by molar-refractivity contribution is 6.35. The van der Waals surface area contributed by atoms with Crippen LogP contribution in [0.1, 0.15) is 29.9 Å². The number of nitrogens with zero attached hydrogens (tertiary/aromatic N) is 7. The Morgan fingerprint density at radius 3 is 2.76 bits per heavy atom. The van der Waals surface area contributed by atoms with Crippen LogP contribution in [0.2, 0.25) is 5.02 Å². The molecule has 0 aliphatic rings. The highest BCUT2D eigenvalue weighted by Gasteiger charge is 2.21. The van der Waals surface area contributed by atoms with Gasteiger partial charge in [0.25, 0.3) is 0 Å². The number of hydrogen-bond acceptors (Lipinski definition) is 5. The van der Waals surface area contributed by atoms with Crippen molar-refractivity contribution in [2.24, 2.45) is 0 Å². The summed E-state index contributed by atoms with van der Waals surface area (Å²) in [6.45, 7) is 6.10. The van der Waals surface area contributed by atoms with Gasteiger partial charge in [-0.25, -0.2) is 24.6 Å². The van der Waals surface area contributed by atoms with E-state index in [-0.39, 0.29) is 6.04 Å². The lowest BCUT2D eigenvalue weighted by Crippen LogP contribution is -2.13. The molecule has 144 valence electrons. The molecule has 1 atom stereocenters. The van der Waals surface area contributed by atoms with Gasteiger partial charge in [0.05, 0.1) is 34.8 Å². The molecule has 1 unspecified atom stereocenters. The molecular weight excluding hydrogens is 386 g/mol. The van der Waals surface area contributed by atoms with Gasteiger partial charge in [-0.3, -0.25) is 0 Å². The molecule has 0 saturated carbocycles. The summed E-state index contributed by atoms with van der Waals surface area (Å²) in [4.78, 5) is 17.8. The van der Waals surface area contributed by atoms with Gasteiger partial charge in [-0.2, -0.15) is 5.10 Å². The molecule has 0 saturated heterocycles. The van der Waals surface area contributed by atoms with E-state index in [1.165, 1.54) is 6.33 Å². The van der Waals surface area contributed by atoms with Gasteiger partial charge in [0.2, 0.25) is 0 Å². The Morgan fingerprint density at radius 1 is 1.10 bits per heavy atom. The van der Waals surface area contributed by atoms with Gasteiger partial charge in [0.15, 0.2) is 11.5 Å². The van der Waals surface area contributed by atoms with E-state index in [4.69, 9.17) is 16.6 Å². The minimum Gasteiger partial charge on any atom is -0.308 e. The molecule has 8 heteroatoms. The van der Waals surface area contributed by atoms with Gasteiger partial charge < -0.3 is 4.57 Å². The maximum absolute atomic E-state index is 6.45. The Balaban J connectivity index is 1.79. The van der Waals surface area contributed by atoms with E-state index in [2.05, 4.69) is 33.0 Å². The number of para-hydroxylation sites is 1. The fourth-order valence-corrected chi connectivity index (χ4v) is 3.93. The Labute approximate surface area is 172 Å². The number of aromatic nitrogens is 7. The third-order valence-corrected chi connectivity index (χ3v) is 5.43. The highest BCUT2D eigenvalue weighted by atomic mass is 35.5. The number of fused-ring (bicyclic) bond motifs is 2. The Bertz CT molecular complexity index is 1370. The zero-order valence-corrected chi connectivity index (χ0v) is 17.0. The van der Waals surface area contributed by atoms with E-state index in [1.54, 1.807) is 12.5 Å². The maximum Gasteiger partial charge on any atom is 0.163 e. The summed E-state index contributed by atoms with van der Waals surface area (Å²) in [5.74, 6) is 0.750. The smallest absolute Gasteiger partial charge is 0.163 e. The molecule has 0 radical (unpaired) electrons. The van der Waals surface area contributed by atoms with Crippen LogP contribution in [0.15, 0.2) is 49.2 Å². The lowest BCUT2D eigenvalue weighted by atomic mass is 10.1. The standard InChI is InChI=1S/C21H18ClN7/c1-12-7-13(2)29(27-12)20-16(8-15-5-4-6-17(22)19(15)26-20)14(3)28-11-25-18-9-23-10-24-21(18)28/h4-11,14H,1-3H3. The van der Waals surface area contributed by atoms with Crippen LogP contribution in [0.25, 0.3) is 27.9 Å². The van der Waals surface area contributed by atoms with Crippen LogP contribution in [0.4, 0.5) is 0 Å². The summed E-state index contributed by atoms with van der Waals surface area (Å²) in [6.07, 6.45) is 5.04. The second kappa shape index (κ2) is 6.63. The van der Waals surface area contributed by atoms with Crippen molar-refractivity contribution in [3.05, 3.63) is 71.2 Å². The third-order valence-electron chi connectivity index (χ3n) is 5.12. The molecule has 0 amide bonds. The van der Waals surface area contributed by atoms with Crippen LogP contribution in [0.3, 0.4) is 0 Å². The minimum atomic E-state index is -0.0790. The van der Waals surface area contributed by atoms with Gasteiger partial charge in [-0.15, -0.1) is 0 Å². The average molecular weight is 404 g/mol. The molecule has 5 rings (SSSR count). The average Bonchev–Trinajstić information content (AvgIpc) is 3.29. The first-order valence-electron chi connectivity index (χ1n) is 9.28. The summed E-state index contributed by atoms with van der Waals surface area (Å²) in [7, 11) is 0. The van der Waals surface area contributed by atoms with Gasteiger partial charge in [0.1, 0.15) is 11.8 Å². The molecule has 4 aromatic heterocycles. The van der Waals surface area contributed by atoms with E-state index < -0.39 is 0 Å². The predicted octanol–water partition coefficient (Wildman–Crippen LogP) is 4.44. The molecule has 0 fully saturated rings. The first-order chi connectivity index (χ1) is 14.0. The normalized spacial score (nSPS) is 12.7. The second-order valence-corrected chi connectivity index (χ2v) is 7.52. The van der Waals surface area contributed by atoms with Gasteiger partial charge in [-0.1, -0.05) is 23.7 Å². The van der Waals surface area contributed by atoms with Crippen LogP contribution in [-0.2, 0) is 0 Å². The van der Waals surface area contributed by atoms with Gasteiger partial charge in [0, 0.05) is 16.6 Å². The third kappa shape index (κ3) is 2.86. The number of hydrogen-bond donors (Lipinski definition) is 0. The maximum atomic E-state index is 6.45. The molecule has 4 heterocycles. The Morgan fingerprint density at radius 2 is 1.97 bits per heavy atom. The van der Waals surface area contributed by atoms with Gasteiger partial charge >= 0.3 is 0 Å². The van der Waals surface area contributed by atoms with Crippen molar-refractivity contribution >= 4 is 33.7 Å². The summed E-state index contributed by atoms with van der Waals surface area (Å²) in [5.41, 5.74) is 5.23. The molecule has 0 aliphatic heterocycles. The molecule has 0 aliphatic carbocycles. The number of imidazole rings is 1. The Kier molecular flexibility index (Phi) is 4.06. The first-order valence-corrected chi connectivity index (χ1v) is 9.66. The van der Waals surface area contributed by atoms with Crippen molar-refractivity contribution in [2.75, 3.05) is 0 Å². The first kappa shape index (κ1) is 17.8. The number of rotatable bonds is 3. The van der Waals surface area contributed by atoms with E-state index in [1.807, 2.05) is 47.4 Å². The zero-order chi connectivity index (χ0) is 20.1. The van der Waals surface area contributed by atoms with E-state index >= 15 is 0 Å². The molecule has 0 N–H and O–H groups in total. The molecular formula is C21H18ClN7. The topological polar surface area (TPSA) is 74.3 Å². The van der Waals surface area contributed by atoms with Crippen molar-refractivity contribution in [3.8, 4) is 5.82 Å². The van der Waals surface area contributed by atoms with Crippen molar-refractivity contribution in [1.29, 1.82) is 0 Å². The second-order valence-electron chi connectivity index (χ2n) is 7.11. The van der Waals surface area contributed by atoms with Crippen LogP contribution in [0.5, 0.6) is 0 Å². The number of aryl methyl sites for hydroxylation is 2. The minimum absolute atomic E-state index is 0.0790. The zero-order valence-electron chi connectivity index (χ0n) is 16.2. The Hall–Kier alpha value is -3.32. The van der Waals surface area contributed by atoms with E-state index in [9.17, 15) is 0 Å². The molecule has 5 aromatic rings. The van der Waals surface area contributed by atoms with Crippen molar-refractivity contribution in [1.82, 2.24) is 34.3 Å². The lowest BCUT2D eigenvalue weighted by Gasteiger charge is -2.19. The number of halogens is 1. The van der Waals surface area contributed by atoms with E-state index in [0.29, 0.717) is 5.02 Å². The largest absolute Gasteiger partial charge is 0.308 e. The number of benzene rings is 1. The van der Waals surface area contributed by atoms with Crippen molar-refractivity contribution in [2.45, 2.75) is 26.8 Å². The van der Waals surface area contributed by atoms with Crippen LogP contribution >= 0.6 is 11.6 Å². The highest BCUT2D eigenvalue weighted by Crippen LogP contribution is 2.31. The number of pyridine rings is 1. The predicted molar refractivity (Wildman–Crippen MR) is 112 cm³/mol. The van der Waals surface area contributed by atoms with Crippen LogP contribution < -0.4 is 0 Å². The molecule has 0 bridgehead atoms. The molecule has 0 spiro atoms. The fourth-order valence-electron chi connectivity index (χ4n) is 3.71. The summed E-state index contributed by atoms with van der Waals surface area (Å²) in [6, 6.07) is 9.88. The SMILES string of the molecule is Cc1cc(C)n(-c2nc3c(Cl)cccc3cc2C(C)n2cnc3cncnc32)n1. The summed E-state index contributed by atoms with van der Waals surface area (Å²) < 4.78 is 3.90. The van der Waals surface area contributed by atoms with Crippen molar-refractivity contribution < 1.29 is 0 Å². The summed E-state index contributed by atoms with van der Waals surface area (Å²) in [5, 5.41) is 6.26. The molecule has 1 aromatic carbocycles. The van der Waals surface area contributed by atoms with Crippen LogP contribution in [-0.4, -0.2) is 34.3 Å².